The maximum absolute atomic E-state index is 11.7. The van der Waals surface area contributed by atoms with Gasteiger partial charge in [0.1, 0.15) is 16.7 Å². The molecule has 0 aliphatic carbocycles. The first-order chi connectivity index (χ1) is 15.7. The summed E-state index contributed by atoms with van der Waals surface area (Å²) >= 11 is 1.41. The number of fused-ring (bicyclic) bond motifs is 2. The molecule has 0 saturated carbocycles. The van der Waals surface area contributed by atoms with Crippen LogP contribution >= 0.6 is 11.3 Å². The van der Waals surface area contributed by atoms with Crippen LogP contribution in [0.4, 0.5) is 0 Å². The van der Waals surface area contributed by atoms with E-state index in [4.69, 9.17) is 9.97 Å². The number of nitrogens with one attached hydrogen (secondary N) is 2. The van der Waals surface area contributed by atoms with E-state index in [9.17, 15) is 4.79 Å². The van der Waals surface area contributed by atoms with Gasteiger partial charge in [-0.2, -0.15) is 5.10 Å². The van der Waals surface area contributed by atoms with Crippen molar-refractivity contribution in [1.29, 1.82) is 0 Å². The molecule has 6 aromatic heterocycles. The molecule has 32 heavy (non-hydrogen) atoms. The Labute approximate surface area is 185 Å². The fourth-order valence-electron chi connectivity index (χ4n) is 3.63. The summed E-state index contributed by atoms with van der Waals surface area (Å²) in [6.07, 6.45) is 5.22. The zero-order valence-electron chi connectivity index (χ0n) is 16.8. The summed E-state index contributed by atoms with van der Waals surface area (Å²) in [5.41, 5.74) is 6.27. The second kappa shape index (κ2) is 7.17. The smallest absolute Gasteiger partial charge is 0.169 e. The van der Waals surface area contributed by atoms with E-state index in [1.54, 1.807) is 25.5 Å². The molecule has 0 atom stereocenters. The number of H-pyrrole nitrogens is 2. The lowest BCUT2D eigenvalue weighted by Gasteiger charge is -2.00. The number of hydrogen-bond acceptors (Lipinski definition) is 7. The zero-order chi connectivity index (χ0) is 21.7. The molecule has 0 spiro atoms. The quantitative estimate of drug-likeness (QED) is 0.380. The number of Topliss-reactive ketones (excluding diaryl/α,β-unsaturated/α-hetero) is 1. The van der Waals surface area contributed by atoms with Crippen molar-refractivity contribution in [3.05, 3.63) is 65.9 Å². The van der Waals surface area contributed by atoms with Gasteiger partial charge in [-0.05, 0) is 49.4 Å². The van der Waals surface area contributed by atoms with Gasteiger partial charge in [-0.15, -0.1) is 11.3 Å². The molecule has 0 unspecified atom stereocenters. The molecule has 0 radical (unpaired) electrons. The number of ketones is 1. The molecular formula is C23H15N7OS. The minimum absolute atomic E-state index is 0.0372. The number of aromatic nitrogens is 7. The van der Waals surface area contributed by atoms with Crippen molar-refractivity contribution < 1.29 is 4.79 Å². The topological polar surface area (TPSA) is 113 Å². The first kappa shape index (κ1) is 18.5. The molecule has 0 aliphatic heterocycles. The molecule has 9 heteroatoms. The van der Waals surface area contributed by atoms with Crippen LogP contribution in [0.3, 0.4) is 0 Å². The van der Waals surface area contributed by atoms with E-state index in [1.165, 1.54) is 11.3 Å². The lowest BCUT2D eigenvalue weighted by Crippen LogP contribution is -1.87. The summed E-state index contributed by atoms with van der Waals surface area (Å²) in [6.45, 7) is 1.56. The van der Waals surface area contributed by atoms with Crippen molar-refractivity contribution in [3.63, 3.8) is 0 Å². The lowest BCUT2D eigenvalue weighted by atomic mass is 10.1. The second-order valence-electron chi connectivity index (χ2n) is 7.26. The summed E-state index contributed by atoms with van der Waals surface area (Å²) in [5, 5.41) is 7.51. The van der Waals surface area contributed by atoms with E-state index in [0.717, 1.165) is 43.9 Å². The van der Waals surface area contributed by atoms with Crippen molar-refractivity contribution in [3.8, 4) is 33.3 Å². The van der Waals surface area contributed by atoms with Crippen LogP contribution in [0.5, 0.6) is 0 Å². The molecular weight excluding hydrogens is 422 g/mol. The number of nitrogens with zero attached hydrogens (tertiary/aromatic N) is 5. The first-order valence-corrected chi connectivity index (χ1v) is 10.7. The Morgan fingerprint density at radius 3 is 2.53 bits per heavy atom. The van der Waals surface area contributed by atoms with Gasteiger partial charge in [0.05, 0.1) is 26.5 Å². The lowest BCUT2D eigenvalue weighted by molar-refractivity contribution is 0.102. The van der Waals surface area contributed by atoms with Gasteiger partial charge in [-0.3, -0.25) is 19.9 Å². The summed E-state index contributed by atoms with van der Waals surface area (Å²) in [5.74, 6) is 0.637. The first-order valence-electron chi connectivity index (χ1n) is 9.89. The maximum Gasteiger partial charge on any atom is 0.169 e. The van der Waals surface area contributed by atoms with Crippen LogP contribution in [-0.2, 0) is 0 Å². The average Bonchev–Trinajstić information content (AvgIpc) is 3.56. The van der Waals surface area contributed by atoms with E-state index >= 15 is 0 Å². The van der Waals surface area contributed by atoms with Crippen LogP contribution in [0.2, 0.25) is 0 Å². The Balaban J connectivity index is 1.49. The van der Waals surface area contributed by atoms with Crippen LogP contribution in [0, 0.1) is 0 Å². The third kappa shape index (κ3) is 2.98. The standard InChI is InChI=1S/C23H15N7OS/c1-12(31)17-4-5-18(32-17)21-19-15(8-11-25-21)27-23(28-19)22-20-16(29-30-22)3-2-14(26-20)13-6-9-24-10-7-13/h2-11H,1H3,(H,27,28)(H,29,30). The summed E-state index contributed by atoms with van der Waals surface area (Å²) < 4.78 is 0. The molecule has 0 amide bonds. The highest BCUT2D eigenvalue weighted by Crippen LogP contribution is 2.33. The molecule has 154 valence electrons. The molecule has 2 N–H and O–H groups in total. The number of carbonyl (C=O) groups excluding carboxylic acids is 1. The van der Waals surface area contributed by atoms with Crippen molar-refractivity contribution >= 4 is 39.2 Å². The number of hydrogen-bond donors (Lipinski definition) is 2. The Morgan fingerprint density at radius 1 is 0.875 bits per heavy atom. The van der Waals surface area contributed by atoms with Crippen molar-refractivity contribution in [2.24, 2.45) is 0 Å². The molecule has 0 fully saturated rings. The van der Waals surface area contributed by atoms with E-state index in [-0.39, 0.29) is 5.78 Å². The van der Waals surface area contributed by atoms with Crippen LogP contribution in [-0.4, -0.2) is 40.9 Å². The van der Waals surface area contributed by atoms with Crippen LogP contribution < -0.4 is 0 Å². The third-order valence-corrected chi connectivity index (χ3v) is 6.39. The molecule has 8 nitrogen and oxygen atoms in total. The van der Waals surface area contributed by atoms with Crippen molar-refractivity contribution in [1.82, 2.24) is 35.1 Å². The molecule has 6 rings (SSSR count). The Kier molecular flexibility index (Phi) is 4.15. The molecule has 6 aromatic rings. The SMILES string of the molecule is CC(=O)c1ccc(-c2nccc3[nH]c(-c4n[nH]c5ccc(-c6ccncc6)nc45)nc23)s1. The van der Waals surface area contributed by atoms with Gasteiger partial charge in [0.2, 0.25) is 0 Å². The molecule has 0 bridgehead atoms. The largest absolute Gasteiger partial charge is 0.336 e. The van der Waals surface area contributed by atoms with Crippen LogP contribution in [0.15, 0.2) is 61.1 Å². The van der Waals surface area contributed by atoms with Gasteiger partial charge in [-0.25, -0.2) is 9.97 Å². The number of pyridine rings is 3. The van der Waals surface area contributed by atoms with E-state index in [1.807, 2.05) is 42.5 Å². The summed E-state index contributed by atoms with van der Waals surface area (Å²) in [7, 11) is 0. The maximum atomic E-state index is 11.7. The minimum atomic E-state index is 0.0372. The number of aromatic amines is 2. The van der Waals surface area contributed by atoms with Crippen molar-refractivity contribution in [2.75, 3.05) is 0 Å². The van der Waals surface area contributed by atoms with Gasteiger partial charge >= 0.3 is 0 Å². The molecule has 0 aliphatic rings. The van der Waals surface area contributed by atoms with Gasteiger partial charge in [0, 0.05) is 24.2 Å². The Bertz CT molecular complexity index is 1610. The third-order valence-electron chi connectivity index (χ3n) is 5.20. The number of carbonyl (C=O) groups is 1. The van der Waals surface area contributed by atoms with Gasteiger partial charge in [-0.1, -0.05) is 0 Å². The molecule has 0 saturated heterocycles. The predicted molar refractivity (Wildman–Crippen MR) is 123 cm³/mol. The highest BCUT2D eigenvalue weighted by molar-refractivity contribution is 7.17. The highest BCUT2D eigenvalue weighted by Gasteiger charge is 2.18. The minimum Gasteiger partial charge on any atom is -0.336 e. The van der Waals surface area contributed by atoms with E-state index in [2.05, 4.69) is 25.1 Å². The molecule has 6 heterocycles. The average molecular weight is 437 g/mol. The normalized spacial score (nSPS) is 11.4. The molecule has 0 aromatic carbocycles. The second-order valence-corrected chi connectivity index (χ2v) is 8.35. The Morgan fingerprint density at radius 2 is 1.72 bits per heavy atom. The monoisotopic (exact) mass is 437 g/mol. The Hall–Kier alpha value is -4.24. The number of imidazole rings is 1. The number of rotatable bonds is 4. The highest BCUT2D eigenvalue weighted by atomic mass is 32.1. The fraction of sp³-hybridized carbons (Fsp3) is 0.0435. The predicted octanol–water partition coefficient (Wildman–Crippen LogP) is 4.89. The van der Waals surface area contributed by atoms with Gasteiger partial charge in [0.25, 0.3) is 0 Å². The van der Waals surface area contributed by atoms with Crippen LogP contribution in [0.1, 0.15) is 16.6 Å². The summed E-state index contributed by atoms with van der Waals surface area (Å²) in [6, 6.07) is 13.3. The van der Waals surface area contributed by atoms with E-state index in [0.29, 0.717) is 16.4 Å². The van der Waals surface area contributed by atoms with Gasteiger partial charge in [0.15, 0.2) is 17.3 Å². The van der Waals surface area contributed by atoms with E-state index < -0.39 is 0 Å². The van der Waals surface area contributed by atoms with Crippen molar-refractivity contribution in [2.45, 2.75) is 6.92 Å². The number of thiophene rings is 1. The van der Waals surface area contributed by atoms with Crippen LogP contribution in [0.25, 0.3) is 55.4 Å². The zero-order valence-corrected chi connectivity index (χ0v) is 17.6. The fourth-order valence-corrected chi connectivity index (χ4v) is 4.53. The summed E-state index contributed by atoms with van der Waals surface area (Å²) in [4.78, 5) is 34.9. The van der Waals surface area contributed by atoms with Gasteiger partial charge < -0.3 is 4.98 Å².